The summed E-state index contributed by atoms with van der Waals surface area (Å²) < 4.78 is 87.5. The monoisotopic (exact) mass is 403 g/mol. The molecule has 0 radical (unpaired) electrons. The topological polar surface area (TPSA) is 56.3 Å². The Kier molecular flexibility index (Phi) is 5.19. The SMILES string of the molecule is O=S(=O)(Cl)c1c(CBr)cc(OC(F)(F)F)nc1C(F)F. The van der Waals surface area contributed by atoms with Crippen LogP contribution in [0.4, 0.5) is 22.0 Å². The summed E-state index contributed by atoms with van der Waals surface area (Å²) in [7, 11) is 0.373. The minimum Gasteiger partial charge on any atom is -0.388 e. The number of pyridine rings is 1. The lowest BCUT2D eigenvalue weighted by Gasteiger charge is -2.14. The Morgan fingerprint density at radius 2 is 1.95 bits per heavy atom. The molecule has 1 aromatic rings. The molecule has 0 fully saturated rings. The average Bonchev–Trinajstić information content (AvgIpc) is 2.23. The van der Waals surface area contributed by atoms with Gasteiger partial charge in [0.2, 0.25) is 5.88 Å². The van der Waals surface area contributed by atoms with Gasteiger partial charge >= 0.3 is 6.36 Å². The van der Waals surface area contributed by atoms with Gasteiger partial charge in [-0.05, 0) is 5.56 Å². The van der Waals surface area contributed by atoms with Gasteiger partial charge in [-0.2, -0.15) is 0 Å². The van der Waals surface area contributed by atoms with E-state index in [0.29, 0.717) is 6.07 Å². The molecular weight excluding hydrogens is 401 g/mol. The third-order valence-corrected chi connectivity index (χ3v) is 3.89. The van der Waals surface area contributed by atoms with Crippen molar-refractivity contribution in [3.63, 3.8) is 0 Å². The van der Waals surface area contributed by atoms with Gasteiger partial charge in [0, 0.05) is 22.1 Å². The predicted molar refractivity (Wildman–Crippen MR) is 61.5 cm³/mol. The van der Waals surface area contributed by atoms with Gasteiger partial charge in [0.05, 0.1) is 0 Å². The van der Waals surface area contributed by atoms with Crippen LogP contribution in [-0.2, 0) is 14.4 Å². The van der Waals surface area contributed by atoms with Crippen molar-refractivity contribution in [2.45, 2.75) is 23.0 Å². The molecule has 0 aliphatic rings. The summed E-state index contributed by atoms with van der Waals surface area (Å²) in [4.78, 5) is 1.81. The van der Waals surface area contributed by atoms with E-state index in [2.05, 4.69) is 25.7 Å². The van der Waals surface area contributed by atoms with Crippen LogP contribution in [0.1, 0.15) is 17.7 Å². The van der Waals surface area contributed by atoms with E-state index in [9.17, 15) is 30.4 Å². The van der Waals surface area contributed by atoms with E-state index in [1.165, 1.54) is 0 Å². The van der Waals surface area contributed by atoms with Gasteiger partial charge in [0.15, 0.2) is 0 Å². The molecule has 0 amide bonds. The minimum absolute atomic E-state index is 0.343. The molecule has 12 heteroatoms. The third-order valence-electron chi connectivity index (χ3n) is 1.87. The van der Waals surface area contributed by atoms with Crippen LogP contribution in [0.15, 0.2) is 11.0 Å². The molecule has 0 aliphatic carbocycles. The van der Waals surface area contributed by atoms with Crippen molar-refractivity contribution in [1.82, 2.24) is 4.98 Å². The second-order valence-corrected chi connectivity index (χ2v) is 6.32. The molecule has 0 spiro atoms. The van der Waals surface area contributed by atoms with Gasteiger partial charge in [-0.3, -0.25) is 0 Å². The summed E-state index contributed by atoms with van der Waals surface area (Å²) >= 11 is 2.77. The van der Waals surface area contributed by atoms with Crippen LogP contribution in [0.5, 0.6) is 5.88 Å². The van der Waals surface area contributed by atoms with Gasteiger partial charge in [-0.25, -0.2) is 22.2 Å². The summed E-state index contributed by atoms with van der Waals surface area (Å²) in [6, 6.07) is 0.559. The van der Waals surface area contributed by atoms with Crippen molar-refractivity contribution >= 4 is 35.7 Å². The highest BCUT2D eigenvalue weighted by Crippen LogP contribution is 2.34. The number of hydrogen-bond donors (Lipinski definition) is 0. The van der Waals surface area contributed by atoms with E-state index < -0.39 is 43.9 Å². The van der Waals surface area contributed by atoms with Gasteiger partial charge in [-0.1, -0.05) is 15.9 Å². The Hall–Kier alpha value is -0.680. The molecule has 1 heterocycles. The van der Waals surface area contributed by atoms with Crippen molar-refractivity contribution in [1.29, 1.82) is 0 Å². The maximum absolute atomic E-state index is 12.7. The van der Waals surface area contributed by atoms with E-state index in [0.717, 1.165) is 0 Å². The van der Waals surface area contributed by atoms with E-state index in [4.69, 9.17) is 10.7 Å². The first kappa shape index (κ1) is 17.4. The third kappa shape index (κ3) is 4.42. The van der Waals surface area contributed by atoms with Crippen LogP contribution >= 0.6 is 26.6 Å². The van der Waals surface area contributed by atoms with Crippen LogP contribution in [0.25, 0.3) is 0 Å². The van der Waals surface area contributed by atoms with Crippen LogP contribution in [0.2, 0.25) is 0 Å². The van der Waals surface area contributed by atoms with Gasteiger partial charge in [-0.15, -0.1) is 13.2 Å². The second-order valence-electron chi connectivity index (χ2n) is 3.25. The fourth-order valence-corrected chi connectivity index (χ4v) is 3.27. The van der Waals surface area contributed by atoms with Gasteiger partial charge in [0.1, 0.15) is 10.6 Å². The maximum atomic E-state index is 12.7. The molecule has 0 bridgehead atoms. The first-order valence-electron chi connectivity index (χ1n) is 4.54. The second kappa shape index (κ2) is 5.98. The smallest absolute Gasteiger partial charge is 0.388 e. The van der Waals surface area contributed by atoms with Crippen molar-refractivity contribution in [3.05, 3.63) is 17.3 Å². The van der Waals surface area contributed by atoms with E-state index >= 15 is 0 Å². The maximum Gasteiger partial charge on any atom is 0.574 e. The van der Waals surface area contributed by atoms with Crippen LogP contribution in [0, 0.1) is 0 Å². The van der Waals surface area contributed by atoms with Gasteiger partial charge < -0.3 is 4.74 Å². The highest BCUT2D eigenvalue weighted by molar-refractivity contribution is 9.08. The quantitative estimate of drug-likeness (QED) is 0.436. The molecule has 0 aromatic carbocycles. The Labute approximate surface area is 122 Å². The van der Waals surface area contributed by atoms with E-state index in [-0.39, 0.29) is 5.33 Å². The van der Waals surface area contributed by atoms with Crippen molar-refractivity contribution in [2.75, 3.05) is 0 Å². The van der Waals surface area contributed by atoms with Crippen molar-refractivity contribution < 1.29 is 35.1 Å². The molecule has 4 nitrogen and oxygen atoms in total. The first-order valence-corrected chi connectivity index (χ1v) is 7.97. The standard InChI is InChI=1S/C8H4BrClF5NO3S/c9-2-3-1-4(19-8(13,14)15)16-5(7(11)12)6(3)20(10,17)18/h1,7H,2H2. The van der Waals surface area contributed by atoms with E-state index in [1.807, 2.05) is 0 Å². The summed E-state index contributed by atoms with van der Waals surface area (Å²) in [6.07, 6.45) is -8.61. The molecule has 0 saturated carbocycles. The molecule has 0 unspecified atom stereocenters. The highest BCUT2D eigenvalue weighted by Gasteiger charge is 2.34. The normalized spacial score (nSPS) is 12.8. The van der Waals surface area contributed by atoms with Crippen LogP contribution in [-0.4, -0.2) is 19.8 Å². The Bertz CT molecular complexity index is 607. The number of halogens is 7. The number of aromatic nitrogens is 1. The Balaban J connectivity index is 3.55. The van der Waals surface area contributed by atoms with E-state index in [1.54, 1.807) is 0 Å². The lowest BCUT2D eigenvalue weighted by Crippen LogP contribution is -2.19. The molecule has 1 rings (SSSR count). The highest BCUT2D eigenvalue weighted by atomic mass is 79.9. The number of ether oxygens (including phenoxy) is 1. The first-order chi connectivity index (χ1) is 8.95. The van der Waals surface area contributed by atoms with Crippen LogP contribution < -0.4 is 4.74 Å². The molecule has 0 N–H and O–H groups in total. The fourth-order valence-electron chi connectivity index (χ4n) is 1.28. The zero-order valence-electron chi connectivity index (χ0n) is 9.09. The Morgan fingerprint density at radius 1 is 1.40 bits per heavy atom. The molecular formula is C8H4BrClF5NO3S. The average molecular weight is 405 g/mol. The number of hydrogen-bond acceptors (Lipinski definition) is 4. The minimum atomic E-state index is -5.16. The largest absolute Gasteiger partial charge is 0.574 e. The number of rotatable bonds is 4. The molecule has 0 saturated heterocycles. The molecule has 0 atom stereocenters. The zero-order valence-corrected chi connectivity index (χ0v) is 12.2. The summed E-state index contributed by atoms with van der Waals surface area (Å²) in [5.41, 5.74) is -1.83. The fraction of sp³-hybridized carbons (Fsp3) is 0.375. The predicted octanol–water partition coefficient (Wildman–Crippen LogP) is 3.74. The summed E-state index contributed by atoms with van der Waals surface area (Å²) in [5, 5.41) is -0.343. The zero-order chi connectivity index (χ0) is 15.7. The summed E-state index contributed by atoms with van der Waals surface area (Å²) in [5.74, 6) is -1.20. The number of alkyl halides is 6. The summed E-state index contributed by atoms with van der Waals surface area (Å²) in [6.45, 7) is 0. The molecule has 0 aliphatic heterocycles. The van der Waals surface area contributed by atoms with Crippen LogP contribution in [0.3, 0.4) is 0 Å². The lowest BCUT2D eigenvalue weighted by molar-refractivity contribution is -0.276. The Morgan fingerprint density at radius 3 is 2.30 bits per heavy atom. The van der Waals surface area contributed by atoms with Crippen molar-refractivity contribution in [3.8, 4) is 5.88 Å². The number of nitrogens with zero attached hydrogens (tertiary/aromatic N) is 1. The van der Waals surface area contributed by atoms with Gasteiger partial charge in [0.25, 0.3) is 15.5 Å². The van der Waals surface area contributed by atoms with Crippen molar-refractivity contribution in [2.24, 2.45) is 0 Å². The molecule has 114 valence electrons. The molecule has 1 aromatic heterocycles. The lowest BCUT2D eigenvalue weighted by atomic mass is 10.2. The molecule has 20 heavy (non-hydrogen) atoms.